The second-order valence-corrected chi connectivity index (χ2v) is 4.63. The van der Waals surface area contributed by atoms with Gasteiger partial charge in [0, 0.05) is 17.8 Å². The van der Waals surface area contributed by atoms with Gasteiger partial charge in [0.05, 0.1) is 25.3 Å². The van der Waals surface area contributed by atoms with Gasteiger partial charge in [-0.3, -0.25) is 9.89 Å². The number of rotatable bonds is 3. The Morgan fingerprint density at radius 3 is 2.84 bits per heavy atom. The lowest BCUT2D eigenvalue weighted by atomic mass is 10.1. The van der Waals surface area contributed by atoms with E-state index >= 15 is 0 Å². The molecule has 0 aliphatic carbocycles. The van der Waals surface area contributed by atoms with E-state index < -0.39 is 12.1 Å². The Morgan fingerprint density at radius 2 is 2.26 bits per heavy atom. The fourth-order valence-corrected chi connectivity index (χ4v) is 2.12. The summed E-state index contributed by atoms with van der Waals surface area (Å²) in [5, 5.41) is 15.8. The molecule has 1 aromatic heterocycles. The monoisotopic (exact) mass is 267 g/mol. The molecule has 1 aromatic rings. The van der Waals surface area contributed by atoms with Gasteiger partial charge in [0.2, 0.25) is 5.91 Å². The molecule has 7 heteroatoms. The zero-order valence-corrected chi connectivity index (χ0v) is 11.0. The lowest BCUT2D eigenvalue weighted by Gasteiger charge is -2.31. The molecule has 2 rings (SSSR count). The van der Waals surface area contributed by atoms with E-state index in [1.54, 1.807) is 0 Å². The van der Waals surface area contributed by atoms with Crippen LogP contribution in [0.5, 0.6) is 0 Å². The molecule has 104 valence electrons. The number of aliphatic carboxylic acids is 1. The third-order valence-electron chi connectivity index (χ3n) is 3.30. The third-order valence-corrected chi connectivity index (χ3v) is 3.30. The van der Waals surface area contributed by atoms with E-state index in [4.69, 9.17) is 9.84 Å². The van der Waals surface area contributed by atoms with Crippen molar-refractivity contribution >= 4 is 11.9 Å². The molecule has 0 aromatic carbocycles. The van der Waals surface area contributed by atoms with Crippen LogP contribution in [-0.2, 0) is 20.7 Å². The number of ether oxygens (including phenoxy) is 1. The van der Waals surface area contributed by atoms with Crippen LogP contribution in [0, 0.1) is 13.8 Å². The van der Waals surface area contributed by atoms with Crippen LogP contribution >= 0.6 is 0 Å². The second-order valence-electron chi connectivity index (χ2n) is 4.63. The number of aromatic amines is 1. The predicted molar refractivity (Wildman–Crippen MR) is 65.7 cm³/mol. The zero-order chi connectivity index (χ0) is 14.0. The van der Waals surface area contributed by atoms with Crippen LogP contribution in [0.15, 0.2) is 0 Å². The average Bonchev–Trinajstić information content (AvgIpc) is 2.70. The van der Waals surface area contributed by atoms with Crippen LogP contribution in [0.4, 0.5) is 0 Å². The van der Waals surface area contributed by atoms with Gasteiger partial charge in [-0.2, -0.15) is 5.10 Å². The third kappa shape index (κ3) is 2.93. The summed E-state index contributed by atoms with van der Waals surface area (Å²) in [5.41, 5.74) is 2.55. The lowest BCUT2D eigenvalue weighted by Crippen LogP contribution is -2.49. The van der Waals surface area contributed by atoms with E-state index in [2.05, 4.69) is 10.2 Å². The van der Waals surface area contributed by atoms with Gasteiger partial charge in [-0.05, 0) is 13.8 Å². The molecule has 1 atom stereocenters. The predicted octanol–water partition coefficient (Wildman–Crippen LogP) is -0.119. The Balaban J connectivity index is 2.02. The number of nitrogens with zero attached hydrogens (tertiary/aromatic N) is 2. The highest BCUT2D eigenvalue weighted by molar-refractivity contribution is 5.81. The largest absolute Gasteiger partial charge is 0.479 e. The van der Waals surface area contributed by atoms with Crippen molar-refractivity contribution in [1.82, 2.24) is 15.1 Å². The molecule has 1 aliphatic heterocycles. The van der Waals surface area contributed by atoms with E-state index in [1.807, 2.05) is 13.8 Å². The molecule has 0 radical (unpaired) electrons. The minimum atomic E-state index is -1.03. The maximum Gasteiger partial charge on any atom is 0.334 e. The van der Waals surface area contributed by atoms with Gasteiger partial charge in [0.15, 0.2) is 6.10 Å². The van der Waals surface area contributed by atoms with Crippen LogP contribution in [0.25, 0.3) is 0 Å². The molecule has 0 saturated carbocycles. The van der Waals surface area contributed by atoms with Gasteiger partial charge in [-0.1, -0.05) is 0 Å². The smallest absolute Gasteiger partial charge is 0.334 e. The average molecular weight is 267 g/mol. The molecule has 2 N–H and O–H groups in total. The second kappa shape index (κ2) is 5.40. The fourth-order valence-electron chi connectivity index (χ4n) is 2.12. The van der Waals surface area contributed by atoms with E-state index in [-0.39, 0.29) is 25.5 Å². The Kier molecular flexibility index (Phi) is 3.84. The van der Waals surface area contributed by atoms with Crippen LogP contribution < -0.4 is 0 Å². The van der Waals surface area contributed by atoms with Crippen LogP contribution in [0.1, 0.15) is 17.0 Å². The van der Waals surface area contributed by atoms with Crippen molar-refractivity contribution in [2.75, 3.05) is 19.7 Å². The number of hydrogen-bond acceptors (Lipinski definition) is 4. The van der Waals surface area contributed by atoms with Crippen molar-refractivity contribution in [3.05, 3.63) is 17.0 Å². The molecule has 1 saturated heterocycles. The van der Waals surface area contributed by atoms with Crippen LogP contribution in [-0.4, -0.2) is 57.9 Å². The number of carboxylic acids is 1. The van der Waals surface area contributed by atoms with Crippen molar-refractivity contribution in [3.8, 4) is 0 Å². The first-order chi connectivity index (χ1) is 8.99. The Bertz CT molecular complexity index is 478. The SMILES string of the molecule is Cc1n[nH]c(C)c1CC(=O)N1CCOC(C(=O)O)C1. The number of aromatic nitrogens is 2. The van der Waals surface area contributed by atoms with Crippen molar-refractivity contribution < 1.29 is 19.4 Å². The maximum atomic E-state index is 12.2. The molecule has 2 heterocycles. The lowest BCUT2D eigenvalue weighted by molar-refractivity contribution is -0.159. The molecule has 0 bridgehead atoms. The zero-order valence-electron chi connectivity index (χ0n) is 11.0. The summed E-state index contributed by atoms with van der Waals surface area (Å²) in [4.78, 5) is 24.6. The molecule has 1 amide bonds. The van der Waals surface area contributed by atoms with Crippen molar-refractivity contribution in [2.45, 2.75) is 26.4 Å². The summed E-state index contributed by atoms with van der Waals surface area (Å²) in [5.74, 6) is -1.13. The topological polar surface area (TPSA) is 95.5 Å². The number of carbonyl (C=O) groups excluding carboxylic acids is 1. The van der Waals surface area contributed by atoms with Crippen molar-refractivity contribution in [3.63, 3.8) is 0 Å². The summed E-state index contributed by atoms with van der Waals surface area (Å²) < 4.78 is 5.09. The van der Waals surface area contributed by atoms with Gasteiger partial charge in [0.25, 0.3) is 0 Å². The summed E-state index contributed by atoms with van der Waals surface area (Å²) in [6.07, 6.45) is -0.690. The molecule has 19 heavy (non-hydrogen) atoms. The minimum absolute atomic E-state index is 0.0952. The number of carbonyl (C=O) groups is 2. The summed E-state index contributed by atoms with van der Waals surface area (Å²) in [6.45, 7) is 4.49. The molecular formula is C12H17N3O4. The molecule has 1 fully saturated rings. The van der Waals surface area contributed by atoms with E-state index in [0.717, 1.165) is 17.0 Å². The minimum Gasteiger partial charge on any atom is -0.479 e. The van der Waals surface area contributed by atoms with Crippen molar-refractivity contribution in [2.24, 2.45) is 0 Å². The van der Waals surface area contributed by atoms with Gasteiger partial charge in [-0.25, -0.2) is 4.79 Å². The first kappa shape index (κ1) is 13.5. The Morgan fingerprint density at radius 1 is 1.53 bits per heavy atom. The quantitative estimate of drug-likeness (QED) is 0.796. The first-order valence-corrected chi connectivity index (χ1v) is 6.11. The number of amides is 1. The highest BCUT2D eigenvalue weighted by Crippen LogP contribution is 2.13. The molecule has 1 unspecified atom stereocenters. The highest BCUT2D eigenvalue weighted by Gasteiger charge is 2.29. The molecule has 7 nitrogen and oxygen atoms in total. The Hall–Kier alpha value is -1.89. The van der Waals surface area contributed by atoms with Crippen molar-refractivity contribution in [1.29, 1.82) is 0 Å². The van der Waals surface area contributed by atoms with E-state index in [0.29, 0.717) is 6.54 Å². The summed E-state index contributed by atoms with van der Waals surface area (Å²) in [7, 11) is 0. The summed E-state index contributed by atoms with van der Waals surface area (Å²) >= 11 is 0. The highest BCUT2D eigenvalue weighted by atomic mass is 16.5. The molecule has 0 spiro atoms. The maximum absolute atomic E-state index is 12.2. The van der Waals surface area contributed by atoms with Gasteiger partial charge < -0.3 is 14.7 Å². The fraction of sp³-hybridized carbons (Fsp3) is 0.583. The number of H-pyrrole nitrogens is 1. The van der Waals surface area contributed by atoms with Gasteiger partial charge in [-0.15, -0.1) is 0 Å². The number of morpholine rings is 1. The van der Waals surface area contributed by atoms with E-state index in [9.17, 15) is 9.59 Å². The van der Waals surface area contributed by atoms with E-state index in [1.165, 1.54) is 4.90 Å². The molecule has 1 aliphatic rings. The summed E-state index contributed by atoms with van der Waals surface area (Å²) in [6, 6.07) is 0. The molecular weight excluding hydrogens is 250 g/mol. The van der Waals surface area contributed by atoms with Gasteiger partial charge in [0.1, 0.15) is 0 Å². The Labute approximate surface area is 110 Å². The first-order valence-electron chi connectivity index (χ1n) is 6.11. The van der Waals surface area contributed by atoms with Crippen LogP contribution in [0.3, 0.4) is 0 Å². The number of nitrogens with one attached hydrogen (secondary N) is 1. The number of aryl methyl sites for hydroxylation is 2. The number of hydrogen-bond donors (Lipinski definition) is 2. The normalized spacial score (nSPS) is 19.5. The van der Waals surface area contributed by atoms with Crippen LogP contribution in [0.2, 0.25) is 0 Å². The number of carboxylic acid groups (broad SMARTS) is 1. The van der Waals surface area contributed by atoms with Gasteiger partial charge >= 0.3 is 5.97 Å². The standard InChI is InChI=1S/C12H17N3O4/c1-7-9(8(2)14-13-7)5-11(16)15-3-4-19-10(6-15)12(17)18/h10H,3-6H2,1-2H3,(H,13,14)(H,17,18).